The van der Waals surface area contributed by atoms with Crippen LogP contribution in [0.15, 0.2) is 46.2 Å². The third-order valence-corrected chi connectivity index (χ3v) is 7.33. The number of halogens is 2. The lowest BCUT2D eigenvalue weighted by Gasteiger charge is -2.22. The Kier molecular flexibility index (Phi) is 7.37. The van der Waals surface area contributed by atoms with E-state index < -0.39 is 10.0 Å². The summed E-state index contributed by atoms with van der Waals surface area (Å²) < 4.78 is 28.3. The molecule has 1 aliphatic heterocycles. The molecule has 1 amide bonds. The number of hydrogen-bond acceptors (Lipinski definition) is 4. The summed E-state index contributed by atoms with van der Waals surface area (Å²) in [6, 6.07) is 9.10. The zero-order valence-corrected chi connectivity index (χ0v) is 19.1. The zero-order chi connectivity index (χ0) is 21.0. The molecule has 0 unspecified atom stereocenters. The van der Waals surface area contributed by atoms with Gasteiger partial charge in [0.25, 0.3) is 15.9 Å². The second kappa shape index (κ2) is 9.60. The average molecular weight is 473 g/mol. The number of thioether (sulfide) groups is 1. The van der Waals surface area contributed by atoms with E-state index in [9.17, 15) is 13.2 Å². The summed E-state index contributed by atoms with van der Waals surface area (Å²) in [6.45, 7) is 1.39. The number of sulfonamides is 1. The molecule has 2 aromatic rings. The summed E-state index contributed by atoms with van der Waals surface area (Å²) in [5, 5.41) is 0.648. The monoisotopic (exact) mass is 472 g/mol. The molecule has 1 saturated heterocycles. The van der Waals surface area contributed by atoms with Crippen molar-refractivity contribution in [3.05, 3.63) is 52.0 Å². The van der Waals surface area contributed by atoms with E-state index >= 15 is 0 Å². The summed E-state index contributed by atoms with van der Waals surface area (Å²) in [7, 11) is -3.91. The lowest BCUT2D eigenvalue weighted by molar-refractivity contribution is 0.0758. The van der Waals surface area contributed by atoms with Crippen molar-refractivity contribution in [2.45, 2.75) is 35.5 Å². The average Bonchev–Trinajstić information content (AvgIpc) is 2.95. The van der Waals surface area contributed by atoms with Crippen LogP contribution in [0.4, 0.5) is 5.69 Å². The molecule has 0 aliphatic carbocycles. The summed E-state index contributed by atoms with van der Waals surface area (Å²) in [5.41, 5.74) is 0.670. The van der Waals surface area contributed by atoms with Crippen LogP contribution in [0.25, 0.3) is 0 Å². The van der Waals surface area contributed by atoms with Crippen molar-refractivity contribution in [3.63, 3.8) is 0 Å². The number of amides is 1. The van der Waals surface area contributed by atoms with Gasteiger partial charge in [-0.25, -0.2) is 8.42 Å². The first-order chi connectivity index (χ1) is 13.8. The van der Waals surface area contributed by atoms with E-state index in [1.807, 2.05) is 11.2 Å². The van der Waals surface area contributed by atoms with Crippen LogP contribution in [0.2, 0.25) is 10.0 Å². The minimum absolute atomic E-state index is 0.0181. The van der Waals surface area contributed by atoms with E-state index in [0.29, 0.717) is 28.7 Å². The van der Waals surface area contributed by atoms with Crippen molar-refractivity contribution in [3.8, 4) is 0 Å². The topological polar surface area (TPSA) is 66.5 Å². The summed E-state index contributed by atoms with van der Waals surface area (Å²) in [6.07, 6.45) is 6.03. The van der Waals surface area contributed by atoms with Crippen molar-refractivity contribution in [2.75, 3.05) is 24.1 Å². The van der Waals surface area contributed by atoms with E-state index in [2.05, 4.69) is 4.72 Å². The molecule has 1 heterocycles. The van der Waals surface area contributed by atoms with Crippen molar-refractivity contribution in [1.29, 1.82) is 0 Å². The number of carbonyl (C=O) groups is 1. The maximum Gasteiger partial charge on any atom is 0.261 e. The third kappa shape index (κ3) is 5.60. The molecule has 0 aromatic heterocycles. The standard InChI is InChI=1S/C20H22Cl2N2O3S2/c1-28-19-7-6-17(13-18(19)20(25)24-8-4-2-3-5-9-24)29(26,27)23-16-11-14(21)10-15(22)12-16/h6-7,10-13,23H,2-5,8-9H2,1H3. The molecule has 9 heteroatoms. The number of benzene rings is 2. The summed E-state index contributed by atoms with van der Waals surface area (Å²) in [4.78, 5) is 15.7. The number of carbonyl (C=O) groups excluding carboxylic acids is 1. The van der Waals surface area contributed by atoms with Crippen LogP contribution in [0.1, 0.15) is 36.0 Å². The van der Waals surface area contributed by atoms with Gasteiger partial charge in [-0.2, -0.15) is 0 Å². The van der Waals surface area contributed by atoms with E-state index in [0.717, 1.165) is 30.6 Å². The van der Waals surface area contributed by atoms with E-state index in [4.69, 9.17) is 23.2 Å². The quantitative estimate of drug-likeness (QED) is 0.580. The number of hydrogen-bond donors (Lipinski definition) is 1. The summed E-state index contributed by atoms with van der Waals surface area (Å²) in [5.74, 6) is -0.126. The minimum Gasteiger partial charge on any atom is -0.339 e. The Morgan fingerprint density at radius 1 is 1.00 bits per heavy atom. The van der Waals surface area contributed by atoms with E-state index in [-0.39, 0.29) is 16.5 Å². The highest BCUT2D eigenvalue weighted by Crippen LogP contribution is 2.28. The number of rotatable bonds is 5. The van der Waals surface area contributed by atoms with Gasteiger partial charge in [-0.1, -0.05) is 36.0 Å². The first-order valence-electron chi connectivity index (χ1n) is 9.26. The van der Waals surface area contributed by atoms with Gasteiger partial charge in [-0.05, 0) is 55.5 Å². The molecular formula is C20H22Cl2N2O3S2. The van der Waals surface area contributed by atoms with Crippen LogP contribution in [-0.4, -0.2) is 38.6 Å². The molecule has 2 aromatic carbocycles. The molecule has 3 rings (SSSR count). The van der Waals surface area contributed by atoms with Crippen molar-refractivity contribution >= 4 is 56.6 Å². The molecule has 1 fully saturated rings. The second-order valence-corrected chi connectivity index (χ2v) is 10.2. The number of anilines is 1. The number of nitrogens with zero attached hydrogens (tertiary/aromatic N) is 1. The van der Waals surface area contributed by atoms with Gasteiger partial charge in [-0.3, -0.25) is 9.52 Å². The highest BCUT2D eigenvalue weighted by Gasteiger charge is 2.23. The fourth-order valence-corrected chi connectivity index (χ4v) is 5.45. The van der Waals surface area contributed by atoms with Crippen molar-refractivity contribution in [1.82, 2.24) is 4.90 Å². The highest BCUT2D eigenvalue weighted by atomic mass is 35.5. The van der Waals surface area contributed by atoms with E-state index in [1.54, 1.807) is 6.07 Å². The van der Waals surface area contributed by atoms with Crippen molar-refractivity contribution < 1.29 is 13.2 Å². The van der Waals surface area contributed by atoms with Crippen molar-refractivity contribution in [2.24, 2.45) is 0 Å². The lowest BCUT2D eigenvalue weighted by atomic mass is 10.2. The molecule has 0 bridgehead atoms. The Morgan fingerprint density at radius 3 is 2.21 bits per heavy atom. The van der Waals surface area contributed by atoms with Crippen LogP contribution in [0.5, 0.6) is 0 Å². The van der Waals surface area contributed by atoms with E-state index in [1.165, 1.54) is 42.1 Å². The fourth-order valence-electron chi connectivity index (χ4n) is 3.29. The molecule has 5 nitrogen and oxygen atoms in total. The minimum atomic E-state index is -3.91. The largest absolute Gasteiger partial charge is 0.339 e. The zero-order valence-electron chi connectivity index (χ0n) is 16.0. The van der Waals surface area contributed by atoms with Crippen LogP contribution in [-0.2, 0) is 10.0 Å². The molecule has 1 aliphatic rings. The molecule has 156 valence electrons. The fraction of sp³-hybridized carbons (Fsp3) is 0.350. The number of likely N-dealkylation sites (tertiary alicyclic amines) is 1. The van der Waals surface area contributed by atoms with Gasteiger partial charge >= 0.3 is 0 Å². The molecule has 0 atom stereocenters. The number of nitrogens with one attached hydrogen (secondary N) is 1. The van der Waals surface area contributed by atoms with Crippen LogP contribution >= 0.6 is 35.0 Å². The first kappa shape index (κ1) is 22.3. The Bertz CT molecular complexity index is 985. The van der Waals surface area contributed by atoms with Crippen LogP contribution < -0.4 is 4.72 Å². The molecule has 1 N–H and O–H groups in total. The smallest absolute Gasteiger partial charge is 0.261 e. The second-order valence-electron chi connectivity index (χ2n) is 6.83. The van der Waals surface area contributed by atoms with Crippen LogP contribution in [0, 0.1) is 0 Å². The predicted octanol–water partition coefficient (Wildman–Crippen LogP) is 5.53. The summed E-state index contributed by atoms with van der Waals surface area (Å²) >= 11 is 13.3. The van der Waals surface area contributed by atoms with Crippen LogP contribution in [0.3, 0.4) is 0 Å². The Morgan fingerprint density at radius 2 is 1.62 bits per heavy atom. The predicted molar refractivity (Wildman–Crippen MR) is 120 cm³/mol. The SMILES string of the molecule is CSc1ccc(S(=O)(=O)Nc2cc(Cl)cc(Cl)c2)cc1C(=O)N1CCCCCC1. The maximum absolute atomic E-state index is 13.1. The molecule has 0 saturated carbocycles. The lowest BCUT2D eigenvalue weighted by Crippen LogP contribution is -2.32. The molecule has 0 radical (unpaired) electrons. The normalized spacial score (nSPS) is 15.1. The third-order valence-electron chi connectivity index (χ3n) is 4.72. The Labute approximate surface area is 185 Å². The van der Waals surface area contributed by atoms with Gasteiger partial charge in [0.15, 0.2) is 0 Å². The maximum atomic E-state index is 13.1. The Balaban J connectivity index is 1.93. The van der Waals surface area contributed by atoms with Gasteiger partial charge in [0, 0.05) is 28.0 Å². The first-order valence-corrected chi connectivity index (χ1v) is 12.7. The van der Waals surface area contributed by atoms with Gasteiger partial charge < -0.3 is 4.90 Å². The highest BCUT2D eigenvalue weighted by molar-refractivity contribution is 7.98. The van der Waals surface area contributed by atoms with Gasteiger partial charge in [-0.15, -0.1) is 11.8 Å². The molecule has 0 spiro atoms. The Hall–Kier alpha value is -1.41. The van der Waals surface area contributed by atoms with Gasteiger partial charge in [0.05, 0.1) is 16.1 Å². The van der Waals surface area contributed by atoms with Gasteiger partial charge in [0.2, 0.25) is 0 Å². The molecular weight excluding hydrogens is 451 g/mol. The van der Waals surface area contributed by atoms with Gasteiger partial charge in [0.1, 0.15) is 0 Å². The molecule has 29 heavy (non-hydrogen) atoms.